The highest BCUT2D eigenvalue weighted by Gasteiger charge is 2.12. The Labute approximate surface area is 198 Å². The van der Waals surface area contributed by atoms with Gasteiger partial charge in [-0.25, -0.2) is 0 Å². The topological polar surface area (TPSA) is 55.8 Å². The lowest BCUT2D eigenvalue weighted by Gasteiger charge is -2.20. The maximum Gasteiger partial charge on any atom is 0.191 e. The average Bonchev–Trinajstić information content (AvgIpc) is 2.96. The maximum atomic E-state index is 4.35. The maximum absolute atomic E-state index is 4.35. The summed E-state index contributed by atoms with van der Waals surface area (Å²) >= 11 is 0. The van der Waals surface area contributed by atoms with Gasteiger partial charge in [-0.2, -0.15) is 0 Å². The predicted octanol–water partition coefficient (Wildman–Crippen LogP) is 2.74. The zero-order valence-corrected chi connectivity index (χ0v) is 20.5. The van der Waals surface area contributed by atoms with Crippen LogP contribution in [-0.2, 0) is 19.5 Å². The van der Waals surface area contributed by atoms with Crippen molar-refractivity contribution in [2.24, 2.45) is 4.99 Å². The minimum atomic E-state index is 0. The van der Waals surface area contributed by atoms with Gasteiger partial charge in [-0.3, -0.25) is 14.9 Å². The summed E-state index contributed by atoms with van der Waals surface area (Å²) in [6.45, 7) is 7.32. The fraction of sp³-hybridized carbons (Fsp3) is 0.478. The highest BCUT2D eigenvalue weighted by Crippen LogP contribution is 2.10. The SMILES string of the molecule is CN=C(NCCc1ccccn1)NCc1ccc(CN2CCCN(C)CC2)cc1.I. The molecule has 0 amide bonds. The number of halogens is 1. The van der Waals surface area contributed by atoms with Gasteiger partial charge in [-0.05, 0) is 49.8 Å². The normalized spacial score (nSPS) is 15.9. The molecule has 0 aliphatic carbocycles. The second-order valence-corrected chi connectivity index (χ2v) is 7.67. The monoisotopic (exact) mass is 522 g/mol. The van der Waals surface area contributed by atoms with E-state index in [1.807, 2.05) is 24.4 Å². The van der Waals surface area contributed by atoms with Crippen LogP contribution in [0.25, 0.3) is 0 Å². The van der Waals surface area contributed by atoms with Gasteiger partial charge in [0.25, 0.3) is 0 Å². The highest BCUT2D eigenvalue weighted by atomic mass is 127. The summed E-state index contributed by atoms with van der Waals surface area (Å²) in [7, 11) is 4.02. The van der Waals surface area contributed by atoms with Crippen LogP contribution in [0.5, 0.6) is 0 Å². The molecule has 1 saturated heterocycles. The smallest absolute Gasteiger partial charge is 0.191 e. The Morgan fingerprint density at radius 2 is 1.80 bits per heavy atom. The Kier molecular flexibility index (Phi) is 11.1. The number of nitrogens with zero attached hydrogens (tertiary/aromatic N) is 4. The van der Waals surface area contributed by atoms with Crippen LogP contribution < -0.4 is 10.6 Å². The molecule has 30 heavy (non-hydrogen) atoms. The average molecular weight is 522 g/mol. The van der Waals surface area contributed by atoms with E-state index in [9.17, 15) is 0 Å². The summed E-state index contributed by atoms with van der Waals surface area (Å²) in [4.78, 5) is 13.6. The predicted molar refractivity (Wildman–Crippen MR) is 135 cm³/mol. The van der Waals surface area contributed by atoms with E-state index in [4.69, 9.17) is 0 Å². The lowest BCUT2D eigenvalue weighted by molar-refractivity contribution is 0.269. The molecule has 2 N–H and O–H groups in total. The van der Waals surface area contributed by atoms with E-state index in [0.29, 0.717) is 0 Å². The van der Waals surface area contributed by atoms with Crippen molar-refractivity contribution >= 4 is 29.9 Å². The van der Waals surface area contributed by atoms with Crippen LogP contribution in [0.2, 0.25) is 0 Å². The molecular formula is C23H35IN6. The first kappa shape index (κ1) is 24.6. The molecule has 1 aliphatic rings. The second kappa shape index (κ2) is 13.6. The van der Waals surface area contributed by atoms with Crippen LogP contribution in [0, 0.1) is 0 Å². The van der Waals surface area contributed by atoms with E-state index in [2.05, 4.69) is 61.7 Å². The molecule has 1 aromatic carbocycles. The van der Waals surface area contributed by atoms with Gasteiger partial charge in [0, 0.05) is 58.1 Å². The van der Waals surface area contributed by atoms with Gasteiger partial charge < -0.3 is 15.5 Å². The Hall–Kier alpha value is -1.71. The van der Waals surface area contributed by atoms with Crippen LogP contribution in [0.1, 0.15) is 23.2 Å². The molecule has 0 atom stereocenters. The largest absolute Gasteiger partial charge is 0.356 e. The lowest BCUT2D eigenvalue weighted by atomic mass is 10.1. The van der Waals surface area contributed by atoms with Crippen molar-refractivity contribution in [1.29, 1.82) is 0 Å². The highest BCUT2D eigenvalue weighted by molar-refractivity contribution is 14.0. The number of nitrogens with one attached hydrogen (secondary N) is 2. The van der Waals surface area contributed by atoms with Crippen molar-refractivity contribution in [3.63, 3.8) is 0 Å². The molecule has 7 heteroatoms. The molecule has 2 heterocycles. The van der Waals surface area contributed by atoms with Crippen molar-refractivity contribution in [3.8, 4) is 0 Å². The molecule has 1 aromatic heterocycles. The molecule has 1 aliphatic heterocycles. The molecule has 164 valence electrons. The van der Waals surface area contributed by atoms with Crippen molar-refractivity contribution in [2.75, 3.05) is 46.8 Å². The fourth-order valence-electron chi connectivity index (χ4n) is 3.54. The first-order valence-electron chi connectivity index (χ1n) is 10.6. The van der Waals surface area contributed by atoms with Crippen LogP contribution in [0.3, 0.4) is 0 Å². The number of aromatic nitrogens is 1. The number of rotatable bonds is 7. The van der Waals surface area contributed by atoms with Gasteiger partial charge in [0.15, 0.2) is 5.96 Å². The number of benzene rings is 1. The van der Waals surface area contributed by atoms with Crippen molar-refractivity contribution in [3.05, 3.63) is 65.5 Å². The summed E-state index contributed by atoms with van der Waals surface area (Å²) < 4.78 is 0. The van der Waals surface area contributed by atoms with Crippen LogP contribution in [0.15, 0.2) is 53.7 Å². The third-order valence-electron chi connectivity index (χ3n) is 5.32. The summed E-state index contributed by atoms with van der Waals surface area (Å²) in [5.74, 6) is 0.818. The molecule has 3 rings (SSSR count). The minimum absolute atomic E-state index is 0. The lowest BCUT2D eigenvalue weighted by Crippen LogP contribution is -2.37. The number of guanidine groups is 1. The summed E-state index contributed by atoms with van der Waals surface area (Å²) in [6.07, 6.45) is 3.96. The zero-order valence-electron chi connectivity index (χ0n) is 18.2. The zero-order chi connectivity index (χ0) is 20.3. The van der Waals surface area contributed by atoms with Gasteiger partial charge in [-0.1, -0.05) is 30.3 Å². The molecule has 1 fully saturated rings. The standard InChI is InChI=1S/C23H34N6.HI/c1-24-23(26-13-11-22-6-3-4-12-25-22)27-18-20-7-9-21(10-8-20)19-29-15-5-14-28(2)16-17-29;/h3-4,6-10,12H,5,11,13-19H2,1-2H3,(H2,24,26,27);1H. The number of aliphatic imine (C=N–C) groups is 1. The molecule has 0 bridgehead atoms. The third-order valence-corrected chi connectivity index (χ3v) is 5.32. The molecule has 2 aromatic rings. The van der Waals surface area contributed by atoms with Gasteiger partial charge in [-0.15, -0.1) is 24.0 Å². The number of hydrogen-bond acceptors (Lipinski definition) is 4. The molecule has 0 radical (unpaired) electrons. The van der Waals surface area contributed by atoms with Gasteiger partial charge in [0.1, 0.15) is 0 Å². The first-order chi connectivity index (χ1) is 14.2. The molecule has 6 nitrogen and oxygen atoms in total. The third kappa shape index (κ3) is 8.57. The van der Waals surface area contributed by atoms with Crippen LogP contribution in [-0.4, -0.2) is 67.6 Å². The molecular weight excluding hydrogens is 487 g/mol. The molecule has 0 unspecified atom stereocenters. The van der Waals surface area contributed by atoms with Crippen molar-refractivity contribution in [2.45, 2.75) is 25.9 Å². The van der Waals surface area contributed by atoms with Gasteiger partial charge in [0.2, 0.25) is 0 Å². The summed E-state index contributed by atoms with van der Waals surface area (Å²) in [6, 6.07) is 14.9. The summed E-state index contributed by atoms with van der Waals surface area (Å²) in [5, 5.41) is 6.74. The Morgan fingerprint density at radius 1 is 1.00 bits per heavy atom. The quantitative estimate of drug-likeness (QED) is 0.333. The van der Waals surface area contributed by atoms with Gasteiger partial charge in [0.05, 0.1) is 0 Å². The second-order valence-electron chi connectivity index (χ2n) is 7.67. The van der Waals surface area contributed by atoms with E-state index in [-0.39, 0.29) is 24.0 Å². The van der Waals surface area contributed by atoms with Crippen LogP contribution >= 0.6 is 24.0 Å². The molecule has 0 spiro atoms. The van der Waals surface area contributed by atoms with E-state index < -0.39 is 0 Å². The van der Waals surface area contributed by atoms with Crippen molar-refractivity contribution < 1.29 is 0 Å². The van der Waals surface area contributed by atoms with E-state index in [1.165, 1.54) is 30.6 Å². The van der Waals surface area contributed by atoms with Crippen LogP contribution in [0.4, 0.5) is 0 Å². The molecule has 0 saturated carbocycles. The Balaban J connectivity index is 0.00000320. The van der Waals surface area contributed by atoms with E-state index >= 15 is 0 Å². The van der Waals surface area contributed by atoms with Crippen molar-refractivity contribution in [1.82, 2.24) is 25.4 Å². The summed E-state index contributed by atoms with van der Waals surface area (Å²) in [5.41, 5.74) is 3.73. The first-order valence-corrected chi connectivity index (χ1v) is 10.6. The Morgan fingerprint density at radius 3 is 2.53 bits per heavy atom. The number of pyridine rings is 1. The fourth-order valence-corrected chi connectivity index (χ4v) is 3.54. The number of hydrogen-bond donors (Lipinski definition) is 2. The number of likely N-dealkylation sites (N-methyl/N-ethyl adjacent to an activating group) is 1. The van der Waals surface area contributed by atoms with E-state index in [0.717, 1.165) is 50.8 Å². The minimum Gasteiger partial charge on any atom is -0.356 e. The Bertz CT molecular complexity index is 750. The van der Waals surface area contributed by atoms with Gasteiger partial charge >= 0.3 is 0 Å². The van der Waals surface area contributed by atoms with E-state index in [1.54, 1.807) is 7.05 Å².